The van der Waals surface area contributed by atoms with Crippen molar-refractivity contribution in [3.8, 4) is 17.0 Å². The number of anilines is 1. The topological polar surface area (TPSA) is 82.1 Å². The Labute approximate surface area is 234 Å². The van der Waals surface area contributed by atoms with Gasteiger partial charge in [0.15, 0.2) is 5.82 Å². The Morgan fingerprint density at radius 1 is 0.923 bits per heavy atom. The zero-order valence-corrected chi connectivity index (χ0v) is 23.5. The van der Waals surface area contributed by atoms with Gasteiger partial charge in [-0.25, -0.2) is 0 Å². The molecule has 3 aromatic rings. The Bertz CT molecular complexity index is 1250. The molecule has 2 amide bonds. The SMILES string of the molecule is COc1ccc(-c2ccc(N3CCCN(C(=O)CN(CCN(C)C)C(=O)c4ccccc4Cl)CC3)nn2)cc1. The van der Waals surface area contributed by atoms with Crippen molar-refractivity contribution < 1.29 is 14.3 Å². The summed E-state index contributed by atoms with van der Waals surface area (Å²) >= 11 is 6.29. The van der Waals surface area contributed by atoms with E-state index in [2.05, 4.69) is 15.1 Å². The van der Waals surface area contributed by atoms with Gasteiger partial charge in [0, 0.05) is 44.8 Å². The highest BCUT2D eigenvalue weighted by Gasteiger charge is 2.25. The van der Waals surface area contributed by atoms with Gasteiger partial charge in [0.1, 0.15) is 12.3 Å². The molecule has 0 aliphatic carbocycles. The third-order valence-corrected chi connectivity index (χ3v) is 7.07. The number of nitrogens with zero attached hydrogens (tertiary/aromatic N) is 6. The molecule has 1 aliphatic rings. The second-order valence-corrected chi connectivity index (χ2v) is 10.1. The molecule has 0 N–H and O–H groups in total. The maximum Gasteiger partial charge on any atom is 0.255 e. The van der Waals surface area contributed by atoms with Crippen molar-refractivity contribution in [3.63, 3.8) is 0 Å². The molecule has 1 saturated heterocycles. The van der Waals surface area contributed by atoms with Gasteiger partial charge in [-0.15, -0.1) is 10.2 Å². The largest absolute Gasteiger partial charge is 0.497 e. The molecular weight excluding hydrogens is 516 g/mol. The zero-order valence-electron chi connectivity index (χ0n) is 22.7. The van der Waals surface area contributed by atoms with Crippen LogP contribution in [0.5, 0.6) is 5.75 Å². The van der Waals surface area contributed by atoms with Gasteiger partial charge in [-0.3, -0.25) is 9.59 Å². The first-order valence-electron chi connectivity index (χ1n) is 13.0. The van der Waals surface area contributed by atoms with Crippen LogP contribution in [0.4, 0.5) is 5.82 Å². The van der Waals surface area contributed by atoms with E-state index in [4.69, 9.17) is 16.3 Å². The Morgan fingerprint density at radius 2 is 1.69 bits per heavy atom. The molecule has 1 aromatic heterocycles. The minimum atomic E-state index is -0.237. The normalized spacial score (nSPS) is 13.8. The van der Waals surface area contributed by atoms with Gasteiger partial charge in [0.2, 0.25) is 5.91 Å². The predicted molar refractivity (Wildman–Crippen MR) is 153 cm³/mol. The minimum absolute atomic E-state index is 0.00819. The number of methoxy groups -OCH3 is 1. The molecule has 2 heterocycles. The number of carbonyl (C=O) groups excluding carboxylic acids is 2. The molecular formula is C29H35ClN6O3. The van der Waals surface area contributed by atoms with Crippen molar-refractivity contribution in [3.05, 3.63) is 71.2 Å². The van der Waals surface area contributed by atoms with E-state index >= 15 is 0 Å². The van der Waals surface area contributed by atoms with Crippen molar-refractivity contribution in [2.75, 3.05) is 71.9 Å². The molecule has 0 spiro atoms. The van der Waals surface area contributed by atoms with Gasteiger partial charge >= 0.3 is 0 Å². The molecule has 10 heteroatoms. The number of aromatic nitrogens is 2. The van der Waals surface area contributed by atoms with Crippen LogP contribution in [-0.4, -0.2) is 104 Å². The van der Waals surface area contributed by atoms with E-state index in [1.165, 1.54) is 0 Å². The quantitative estimate of drug-likeness (QED) is 0.403. The van der Waals surface area contributed by atoms with Gasteiger partial charge in [0.25, 0.3) is 5.91 Å². The average molecular weight is 551 g/mol. The molecule has 39 heavy (non-hydrogen) atoms. The highest BCUT2D eigenvalue weighted by atomic mass is 35.5. The average Bonchev–Trinajstić information content (AvgIpc) is 3.22. The van der Waals surface area contributed by atoms with Crippen LogP contribution in [-0.2, 0) is 4.79 Å². The van der Waals surface area contributed by atoms with E-state index in [0.717, 1.165) is 35.8 Å². The fourth-order valence-corrected chi connectivity index (χ4v) is 4.66. The molecule has 1 fully saturated rings. The summed E-state index contributed by atoms with van der Waals surface area (Å²) in [4.78, 5) is 34.2. The molecule has 0 atom stereocenters. The lowest BCUT2D eigenvalue weighted by Gasteiger charge is -2.28. The summed E-state index contributed by atoms with van der Waals surface area (Å²) in [6.07, 6.45) is 0.795. The predicted octanol–water partition coefficient (Wildman–Crippen LogP) is 3.55. The van der Waals surface area contributed by atoms with E-state index in [1.807, 2.05) is 60.3 Å². The van der Waals surface area contributed by atoms with Crippen molar-refractivity contribution in [2.45, 2.75) is 6.42 Å². The Kier molecular flexibility index (Phi) is 9.73. The van der Waals surface area contributed by atoms with E-state index in [1.54, 1.807) is 36.3 Å². The van der Waals surface area contributed by atoms with E-state index in [0.29, 0.717) is 43.3 Å². The molecule has 2 aromatic carbocycles. The lowest BCUT2D eigenvalue weighted by atomic mass is 10.1. The first-order chi connectivity index (χ1) is 18.9. The van der Waals surface area contributed by atoms with Crippen molar-refractivity contribution >= 4 is 29.2 Å². The van der Waals surface area contributed by atoms with Gasteiger partial charge in [0.05, 0.1) is 23.4 Å². The van der Waals surface area contributed by atoms with Crippen LogP contribution in [0.15, 0.2) is 60.7 Å². The number of halogens is 1. The van der Waals surface area contributed by atoms with Crippen LogP contribution in [0.3, 0.4) is 0 Å². The fourth-order valence-electron chi connectivity index (χ4n) is 4.45. The maximum atomic E-state index is 13.3. The fraction of sp³-hybridized carbons (Fsp3) is 0.379. The van der Waals surface area contributed by atoms with Gasteiger partial charge in [-0.1, -0.05) is 23.7 Å². The number of hydrogen-bond donors (Lipinski definition) is 0. The summed E-state index contributed by atoms with van der Waals surface area (Å²) in [6, 6.07) is 18.6. The van der Waals surface area contributed by atoms with Crippen LogP contribution >= 0.6 is 11.6 Å². The summed E-state index contributed by atoms with van der Waals surface area (Å²) in [6.45, 7) is 3.65. The number of likely N-dealkylation sites (N-methyl/N-ethyl adjacent to an activating group) is 1. The molecule has 0 bridgehead atoms. The Balaban J connectivity index is 1.38. The van der Waals surface area contributed by atoms with Gasteiger partial charge < -0.3 is 24.3 Å². The highest BCUT2D eigenvalue weighted by molar-refractivity contribution is 6.33. The summed E-state index contributed by atoms with van der Waals surface area (Å²) in [7, 11) is 5.52. The smallest absolute Gasteiger partial charge is 0.255 e. The monoisotopic (exact) mass is 550 g/mol. The van der Waals surface area contributed by atoms with Crippen molar-refractivity contribution in [2.24, 2.45) is 0 Å². The van der Waals surface area contributed by atoms with Crippen LogP contribution in [0.1, 0.15) is 16.8 Å². The number of carbonyl (C=O) groups is 2. The van der Waals surface area contributed by atoms with Gasteiger partial charge in [-0.2, -0.15) is 0 Å². The first kappa shape index (κ1) is 28.3. The second-order valence-electron chi connectivity index (χ2n) is 9.74. The molecule has 9 nitrogen and oxygen atoms in total. The van der Waals surface area contributed by atoms with Gasteiger partial charge in [-0.05, 0) is 69.0 Å². The lowest BCUT2D eigenvalue weighted by molar-refractivity contribution is -0.131. The summed E-state index contributed by atoms with van der Waals surface area (Å²) in [5.41, 5.74) is 2.16. The zero-order chi connectivity index (χ0) is 27.8. The molecule has 1 aliphatic heterocycles. The number of hydrogen-bond acceptors (Lipinski definition) is 7. The summed E-state index contributed by atoms with van der Waals surface area (Å²) < 4.78 is 5.22. The first-order valence-corrected chi connectivity index (χ1v) is 13.4. The summed E-state index contributed by atoms with van der Waals surface area (Å²) in [5.74, 6) is 1.26. The minimum Gasteiger partial charge on any atom is -0.497 e. The van der Waals surface area contributed by atoms with Crippen molar-refractivity contribution in [1.29, 1.82) is 0 Å². The van der Waals surface area contributed by atoms with Crippen molar-refractivity contribution in [1.82, 2.24) is 24.9 Å². The standard InChI is InChI=1S/C29H35ClN6O3/c1-33(2)17-18-36(29(38)24-7-4-5-8-25(24)30)21-28(37)35-16-6-15-34(19-20-35)27-14-13-26(31-32-27)22-9-11-23(39-3)12-10-22/h4-5,7-14H,6,15-21H2,1-3H3. The van der Waals surface area contributed by atoms with E-state index in [9.17, 15) is 9.59 Å². The van der Waals surface area contributed by atoms with Crippen LogP contribution in [0.2, 0.25) is 5.02 Å². The molecule has 0 radical (unpaired) electrons. The van der Waals surface area contributed by atoms with E-state index < -0.39 is 0 Å². The Morgan fingerprint density at radius 3 is 2.36 bits per heavy atom. The number of ether oxygens (including phenoxy) is 1. The van der Waals surface area contributed by atoms with E-state index in [-0.39, 0.29) is 18.4 Å². The highest BCUT2D eigenvalue weighted by Crippen LogP contribution is 2.22. The molecule has 4 rings (SSSR count). The number of amides is 2. The molecule has 0 unspecified atom stereocenters. The van der Waals surface area contributed by atoms with Crippen LogP contribution in [0, 0.1) is 0 Å². The van der Waals surface area contributed by atoms with Crippen LogP contribution in [0.25, 0.3) is 11.3 Å². The number of benzene rings is 2. The molecule has 206 valence electrons. The summed E-state index contributed by atoms with van der Waals surface area (Å²) in [5, 5.41) is 9.26. The third kappa shape index (κ3) is 7.46. The second kappa shape index (κ2) is 13.4. The number of rotatable bonds is 9. The lowest BCUT2D eigenvalue weighted by Crippen LogP contribution is -2.46. The molecule has 0 saturated carbocycles. The Hall–Kier alpha value is -3.69. The third-order valence-electron chi connectivity index (χ3n) is 6.74. The maximum absolute atomic E-state index is 13.3. The van der Waals surface area contributed by atoms with Crippen LogP contribution < -0.4 is 9.64 Å².